The summed E-state index contributed by atoms with van der Waals surface area (Å²) < 4.78 is 31.4. The second-order valence-corrected chi connectivity index (χ2v) is 8.85. The van der Waals surface area contributed by atoms with Gasteiger partial charge in [-0.1, -0.05) is 0 Å². The van der Waals surface area contributed by atoms with E-state index in [1.54, 1.807) is 29.2 Å². The molecule has 6 nitrogen and oxygen atoms in total. The summed E-state index contributed by atoms with van der Waals surface area (Å²) in [4.78, 5) is 14.9. The van der Waals surface area contributed by atoms with Crippen LogP contribution in [-0.4, -0.2) is 45.9 Å². The fourth-order valence-electron chi connectivity index (χ4n) is 3.22. The number of fused-ring (bicyclic) bond motifs is 1. The van der Waals surface area contributed by atoms with Crippen LogP contribution in [0.2, 0.25) is 0 Å². The lowest BCUT2D eigenvalue weighted by atomic mass is 10.1. The molecule has 0 fully saturated rings. The van der Waals surface area contributed by atoms with E-state index in [9.17, 15) is 13.2 Å². The molecule has 2 aromatic carbocycles. The topological polar surface area (TPSA) is 66.9 Å². The minimum absolute atomic E-state index is 0.0943. The lowest BCUT2D eigenvalue weighted by Gasteiger charge is -2.19. The van der Waals surface area contributed by atoms with E-state index in [0.29, 0.717) is 25.1 Å². The zero-order valence-corrected chi connectivity index (χ0v) is 16.8. The first-order chi connectivity index (χ1) is 12.8. The van der Waals surface area contributed by atoms with Gasteiger partial charge in [0.25, 0.3) is 5.91 Å². The van der Waals surface area contributed by atoms with Crippen LogP contribution in [0.5, 0.6) is 5.75 Å². The Hall–Kier alpha value is -2.38. The molecule has 1 aliphatic heterocycles. The minimum atomic E-state index is -3.49. The summed E-state index contributed by atoms with van der Waals surface area (Å²) in [5.74, 6) is 0.678. The Bertz CT molecular complexity index is 983. The molecule has 0 radical (unpaired) electrons. The molecule has 0 saturated heterocycles. The van der Waals surface area contributed by atoms with Gasteiger partial charge in [-0.15, -0.1) is 0 Å². The average Bonchev–Trinajstić information content (AvgIpc) is 3.06. The molecule has 0 bridgehead atoms. The summed E-state index contributed by atoms with van der Waals surface area (Å²) in [5.41, 5.74) is 3.14. The number of carbonyl (C=O) groups is 1. The maximum absolute atomic E-state index is 13.0. The van der Waals surface area contributed by atoms with Crippen LogP contribution in [0.4, 0.5) is 5.69 Å². The van der Waals surface area contributed by atoms with Crippen molar-refractivity contribution in [3.05, 3.63) is 53.1 Å². The first-order valence-corrected chi connectivity index (χ1v) is 10.3. The Morgan fingerprint density at radius 1 is 1.19 bits per heavy atom. The van der Waals surface area contributed by atoms with E-state index >= 15 is 0 Å². The molecule has 0 aliphatic carbocycles. The summed E-state index contributed by atoms with van der Waals surface area (Å²) in [6.07, 6.45) is 0.633. The van der Waals surface area contributed by atoms with Gasteiger partial charge >= 0.3 is 0 Å². The fraction of sp³-hybridized carbons (Fsp3) is 0.350. The first kappa shape index (κ1) is 19.4. The van der Waals surface area contributed by atoms with Crippen LogP contribution in [0.1, 0.15) is 28.4 Å². The molecule has 0 unspecified atom stereocenters. The molecule has 1 heterocycles. The molecule has 27 heavy (non-hydrogen) atoms. The van der Waals surface area contributed by atoms with E-state index in [0.717, 1.165) is 22.6 Å². The molecular formula is C20H24N2O4S. The van der Waals surface area contributed by atoms with Gasteiger partial charge in [-0.25, -0.2) is 12.7 Å². The SMILES string of the molecule is CCOc1ccc(C(=O)N2CCc3cc(S(=O)(=O)N(C)C)ccc32)cc1C. The lowest BCUT2D eigenvalue weighted by molar-refractivity contribution is 0.0989. The number of carbonyl (C=O) groups excluding carboxylic acids is 1. The molecule has 0 atom stereocenters. The molecule has 0 saturated carbocycles. The standard InChI is InChI=1S/C20H24N2O4S/c1-5-26-19-9-6-16(12-14(19)2)20(23)22-11-10-15-13-17(7-8-18(15)22)27(24,25)21(3)4/h6-9,12-13H,5,10-11H2,1-4H3. The van der Waals surface area contributed by atoms with Gasteiger partial charge in [-0.2, -0.15) is 0 Å². The molecular weight excluding hydrogens is 364 g/mol. The Balaban J connectivity index is 1.90. The third-order valence-electron chi connectivity index (χ3n) is 4.69. The predicted molar refractivity (Wildman–Crippen MR) is 105 cm³/mol. The van der Waals surface area contributed by atoms with E-state index < -0.39 is 10.0 Å². The van der Waals surface area contributed by atoms with Gasteiger partial charge in [0.1, 0.15) is 5.75 Å². The van der Waals surface area contributed by atoms with Gasteiger partial charge in [0, 0.05) is 31.9 Å². The fourth-order valence-corrected chi connectivity index (χ4v) is 4.17. The number of anilines is 1. The summed E-state index contributed by atoms with van der Waals surface area (Å²) in [6, 6.07) is 10.4. The Kier molecular flexibility index (Phi) is 5.26. The normalized spacial score (nSPS) is 13.7. The third kappa shape index (κ3) is 3.57. The van der Waals surface area contributed by atoms with Crippen molar-refractivity contribution in [1.82, 2.24) is 4.31 Å². The number of hydrogen-bond donors (Lipinski definition) is 0. The Labute approximate surface area is 160 Å². The van der Waals surface area contributed by atoms with Crippen molar-refractivity contribution >= 4 is 21.6 Å². The number of amides is 1. The minimum Gasteiger partial charge on any atom is -0.494 e. The largest absolute Gasteiger partial charge is 0.494 e. The number of rotatable bonds is 5. The third-order valence-corrected chi connectivity index (χ3v) is 6.50. The second-order valence-electron chi connectivity index (χ2n) is 6.70. The van der Waals surface area contributed by atoms with Crippen LogP contribution in [-0.2, 0) is 16.4 Å². The first-order valence-electron chi connectivity index (χ1n) is 8.86. The van der Waals surface area contributed by atoms with Crippen molar-refractivity contribution in [3.8, 4) is 5.75 Å². The van der Waals surface area contributed by atoms with Gasteiger partial charge in [0.15, 0.2) is 0 Å². The van der Waals surface area contributed by atoms with Crippen LogP contribution < -0.4 is 9.64 Å². The van der Waals surface area contributed by atoms with E-state index in [1.165, 1.54) is 18.4 Å². The van der Waals surface area contributed by atoms with Gasteiger partial charge in [0.05, 0.1) is 11.5 Å². The van der Waals surface area contributed by atoms with Gasteiger partial charge < -0.3 is 9.64 Å². The molecule has 0 spiro atoms. The van der Waals surface area contributed by atoms with Crippen molar-refractivity contribution < 1.29 is 17.9 Å². The highest BCUT2D eigenvalue weighted by Crippen LogP contribution is 2.32. The summed E-state index contributed by atoms with van der Waals surface area (Å²) in [5, 5.41) is 0. The van der Waals surface area contributed by atoms with Crippen molar-refractivity contribution in [2.75, 3.05) is 32.1 Å². The summed E-state index contributed by atoms with van der Waals surface area (Å²) in [7, 11) is -0.475. The van der Waals surface area contributed by atoms with E-state index in [4.69, 9.17) is 4.74 Å². The van der Waals surface area contributed by atoms with Crippen LogP contribution in [0.15, 0.2) is 41.3 Å². The Morgan fingerprint density at radius 3 is 2.56 bits per heavy atom. The van der Waals surface area contributed by atoms with Crippen LogP contribution in [0, 0.1) is 6.92 Å². The summed E-state index contributed by atoms with van der Waals surface area (Å²) in [6.45, 7) is 4.94. The van der Waals surface area contributed by atoms with Gasteiger partial charge in [0.2, 0.25) is 10.0 Å². The molecule has 7 heteroatoms. The molecule has 2 aromatic rings. The van der Waals surface area contributed by atoms with Crippen LogP contribution in [0.25, 0.3) is 0 Å². The van der Waals surface area contributed by atoms with Crippen LogP contribution in [0.3, 0.4) is 0 Å². The van der Waals surface area contributed by atoms with Crippen molar-refractivity contribution in [1.29, 1.82) is 0 Å². The molecule has 1 amide bonds. The van der Waals surface area contributed by atoms with Crippen molar-refractivity contribution in [2.24, 2.45) is 0 Å². The van der Waals surface area contributed by atoms with Crippen LogP contribution >= 0.6 is 0 Å². The highest BCUT2D eigenvalue weighted by molar-refractivity contribution is 7.89. The molecule has 1 aliphatic rings. The lowest BCUT2D eigenvalue weighted by Crippen LogP contribution is -2.29. The maximum Gasteiger partial charge on any atom is 0.258 e. The highest BCUT2D eigenvalue weighted by atomic mass is 32.2. The van der Waals surface area contributed by atoms with E-state index in [1.807, 2.05) is 26.0 Å². The molecule has 144 valence electrons. The van der Waals surface area contributed by atoms with Crippen molar-refractivity contribution in [3.63, 3.8) is 0 Å². The predicted octanol–water partition coefficient (Wildman–Crippen LogP) is 2.85. The van der Waals surface area contributed by atoms with Gasteiger partial charge in [-0.05, 0) is 67.8 Å². The molecule has 0 N–H and O–H groups in total. The zero-order chi connectivity index (χ0) is 19.8. The number of benzene rings is 2. The zero-order valence-electron chi connectivity index (χ0n) is 16.0. The van der Waals surface area contributed by atoms with E-state index in [-0.39, 0.29) is 10.8 Å². The maximum atomic E-state index is 13.0. The van der Waals surface area contributed by atoms with Crippen molar-refractivity contribution in [2.45, 2.75) is 25.2 Å². The monoisotopic (exact) mass is 388 g/mol. The average molecular weight is 388 g/mol. The number of nitrogens with zero attached hydrogens (tertiary/aromatic N) is 2. The summed E-state index contributed by atoms with van der Waals surface area (Å²) >= 11 is 0. The quantitative estimate of drug-likeness (QED) is 0.790. The number of sulfonamides is 1. The number of aryl methyl sites for hydroxylation is 1. The Morgan fingerprint density at radius 2 is 1.93 bits per heavy atom. The number of hydrogen-bond acceptors (Lipinski definition) is 4. The van der Waals surface area contributed by atoms with E-state index in [2.05, 4.69) is 0 Å². The number of ether oxygens (including phenoxy) is 1. The smallest absolute Gasteiger partial charge is 0.258 e. The second kappa shape index (κ2) is 7.32. The highest BCUT2D eigenvalue weighted by Gasteiger charge is 2.28. The van der Waals surface area contributed by atoms with Gasteiger partial charge in [-0.3, -0.25) is 4.79 Å². The molecule has 0 aromatic heterocycles. The molecule has 3 rings (SSSR count).